The zero-order valence-corrected chi connectivity index (χ0v) is 10.9. The van der Waals surface area contributed by atoms with Gasteiger partial charge in [-0.1, -0.05) is 0 Å². The van der Waals surface area contributed by atoms with Crippen LogP contribution in [0.3, 0.4) is 0 Å². The third-order valence-corrected chi connectivity index (χ3v) is 4.48. The minimum Gasteiger partial charge on any atom is -0.398 e. The summed E-state index contributed by atoms with van der Waals surface area (Å²) in [5.41, 5.74) is 5.83. The Kier molecular flexibility index (Phi) is 3.39. The molecule has 0 aliphatic carbocycles. The molecule has 0 saturated heterocycles. The number of nitrogens with zero attached hydrogens (tertiary/aromatic N) is 2. The summed E-state index contributed by atoms with van der Waals surface area (Å²) < 4.78 is 38.7. The zero-order valence-electron chi connectivity index (χ0n) is 10.1. The second-order valence-electron chi connectivity index (χ2n) is 3.87. The predicted molar refractivity (Wildman–Crippen MR) is 70.6 cm³/mol. The molecule has 1 aromatic heterocycles. The fourth-order valence-electron chi connectivity index (χ4n) is 1.58. The number of hydrogen-bond donors (Lipinski definition) is 1. The normalized spacial score (nSPS) is 11.3. The number of anilines is 2. The molecule has 0 unspecified atom stereocenters. The van der Waals surface area contributed by atoms with Crippen molar-refractivity contribution in [2.24, 2.45) is 0 Å². The van der Waals surface area contributed by atoms with Gasteiger partial charge in [-0.2, -0.15) is 0 Å². The van der Waals surface area contributed by atoms with Crippen LogP contribution in [0.25, 0.3) is 0 Å². The first-order valence-electron chi connectivity index (χ1n) is 5.37. The van der Waals surface area contributed by atoms with Crippen molar-refractivity contribution in [1.29, 1.82) is 0 Å². The standard InChI is InChI=1S/C12H12FN3O2S/c1-16(10-3-2-6-15-8-10)19(17,18)12-5-4-9(13)7-11(12)14/h2-8H,14H2,1H3. The maximum atomic E-state index is 13.0. The Labute approximate surface area is 110 Å². The quantitative estimate of drug-likeness (QED) is 0.867. The molecule has 0 aliphatic heterocycles. The van der Waals surface area contributed by atoms with E-state index in [1.807, 2.05) is 0 Å². The van der Waals surface area contributed by atoms with E-state index in [-0.39, 0.29) is 10.6 Å². The molecule has 0 spiro atoms. The lowest BCUT2D eigenvalue weighted by Crippen LogP contribution is -2.27. The lowest BCUT2D eigenvalue weighted by molar-refractivity contribution is 0.593. The van der Waals surface area contributed by atoms with E-state index in [2.05, 4.69) is 4.98 Å². The minimum absolute atomic E-state index is 0.129. The van der Waals surface area contributed by atoms with E-state index in [0.717, 1.165) is 22.5 Å². The summed E-state index contributed by atoms with van der Waals surface area (Å²) in [4.78, 5) is 3.71. The van der Waals surface area contributed by atoms with E-state index in [0.29, 0.717) is 5.69 Å². The van der Waals surface area contributed by atoms with Crippen molar-refractivity contribution in [2.75, 3.05) is 17.1 Å². The number of nitrogen functional groups attached to an aromatic ring is 1. The molecule has 0 amide bonds. The maximum absolute atomic E-state index is 13.0. The summed E-state index contributed by atoms with van der Waals surface area (Å²) in [6.07, 6.45) is 2.95. The molecule has 0 fully saturated rings. The van der Waals surface area contributed by atoms with Crippen molar-refractivity contribution in [3.8, 4) is 0 Å². The fraction of sp³-hybridized carbons (Fsp3) is 0.0833. The Hall–Kier alpha value is -2.15. The van der Waals surface area contributed by atoms with Crippen LogP contribution in [0.5, 0.6) is 0 Å². The van der Waals surface area contributed by atoms with Gasteiger partial charge in [0.2, 0.25) is 0 Å². The summed E-state index contributed by atoms with van der Waals surface area (Å²) >= 11 is 0. The molecule has 0 radical (unpaired) electrons. The monoisotopic (exact) mass is 281 g/mol. The van der Waals surface area contributed by atoms with Crippen LogP contribution in [-0.2, 0) is 10.0 Å². The smallest absolute Gasteiger partial charge is 0.266 e. The van der Waals surface area contributed by atoms with Crippen LogP contribution in [0, 0.1) is 5.82 Å². The Morgan fingerprint density at radius 3 is 2.63 bits per heavy atom. The van der Waals surface area contributed by atoms with Crippen LogP contribution in [0.4, 0.5) is 15.8 Å². The van der Waals surface area contributed by atoms with Crippen LogP contribution < -0.4 is 10.0 Å². The molecule has 2 N–H and O–H groups in total. The highest BCUT2D eigenvalue weighted by molar-refractivity contribution is 7.93. The summed E-state index contributed by atoms with van der Waals surface area (Å²) in [7, 11) is -2.45. The molecule has 2 aromatic rings. The first kappa shape index (κ1) is 13.3. The summed E-state index contributed by atoms with van der Waals surface area (Å²) in [6, 6.07) is 6.40. The predicted octanol–water partition coefficient (Wildman–Crippen LogP) is 1.63. The van der Waals surface area contributed by atoms with E-state index in [9.17, 15) is 12.8 Å². The molecule has 0 bridgehead atoms. The Morgan fingerprint density at radius 2 is 2.05 bits per heavy atom. The van der Waals surface area contributed by atoms with Crippen molar-refractivity contribution in [3.05, 3.63) is 48.5 Å². The van der Waals surface area contributed by atoms with Crippen LogP contribution in [-0.4, -0.2) is 20.4 Å². The van der Waals surface area contributed by atoms with Gasteiger partial charge in [-0.3, -0.25) is 9.29 Å². The molecule has 0 aliphatic rings. The second kappa shape index (κ2) is 4.85. The van der Waals surface area contributed by atoms with Gasteiger partial charge >= 0.3 is 0 Å². The molecule has 1 heterocycles. The zero-order chi connectivity index (χ0) is 14.0. The van der Waals surface area contributed by atoms with E-state index in [4.69, 9.17) is 5.73 Å². The van der Waals surface area contributed by atoms with Gasteiger partial charge in [0.1, 0.15) is 10.7 Å². The van der Waals surface area contributed by atoms with E-state index < -0.39 is 15.8 Å². The molecule has 5 nitrogen and oxygen atoms in total. The van der Waals surface area contributed by atoms with Crippen LogP contribution in [0.15, 0.2) is 47.6 Å². The number of aromatic nitrogens is 1. The van der Waals surface area contributed by atoms with Crippen LogP contribution in [0.2, 0.25) is 0 Å². The van der Waals surface area contributed by atoms with Gasteiger partial charge in [0, 0.05) is 13.2 Å². The number of rotatable bonds is 3. The number of nitrogens with two attached hydrogens (primary N) is 1. The van der Waals surface area contributed by atoms with Crippen LogP contribution >= 0.6 is 0 Å². The van der Waals surface area contributed by atoms with Gasteiger partial charge in [-0.15, -0.1) is 0 Å². The number of halogens is 1. The van der Waals surface area contributed by atoms with Crippen molar-refractivity contribution < 1.29 is 12.8 Å². The van der Waals surface area contributed by atoms with Gasteiger partial charge < -0.3 is 5.73 Å². The van der Waals surface area contributed by atoms with Crippen LogP contribution in [0.1, 0.15) is 0 Å². The molecule has 100 valence electrons. The highest BCUT2D eigenvalue weighted by Crippen LogP contribution is 2.25. The van der Waals surface area contributed by atoms with Gasteiger partial charge in [0.15, 0.2) is 0 Å². The first-order valence-corrected chi connectivity index (χ1v) is 6.81. The maximum Gasteiger partial charge on any atom is 0.266 e. The molecule has 19 heavy (non-hydrogen) atoms. The molecule has 0 saturated carbocycles. The molecular formula is C12H12FN3O2S. The Morgan fingerprint density at radius 1 is 1.32 bits per heavy atom. The SMILES string of the molecule is CN(c1cccnc1)S(=O)(=O)c1ccc(F)cc1N. The summed E-state index contributed by atoms with van der Waals surface area (Å²) in [5, 5.41) is 0. The average molecular weight is 281 g/mol. The Bertz CT molecular complexity index is 689. The van der Waals surface area contributed by atoms with Gasteiger partial charge in [-0.25, -0.2) is 12.8 Å². The lowest BCUT2D eigenvalue weighted by atomic mass is 10.3. The molecule has 7 heteroatoms. The summed E-state index contributed by atoms with van der Waals surface area (Å²) in [6.45, 7) is 0. The van der Waals surface area contributed by atoms with Crippen molar-refractivity contribution in [1.82, 2.24) is 4.98 Å². The third-order valence-electron chi connectivity index (χ3n) is 2.62. The van der Waals surface area contributed by atoms with Crippen molar-refractivity contribution >= 4 is 21.4 Å². The largest absolute Gasteiger partial charge is 0.398 e. The van der Waals surface area contributed by atoms with Gasteiger partial charge in [0.25, 0.3) is 10.0 Å². The highest BCUT2D eigenvalue weighted by Gasteiger charge is 2.24. The molecule has 1 aromatic carbocycles. The van der Waals surface area contributed by atoms with Gasteiger partial charge in [0.05, 0.1) is 17.6 Å². The van der Waals surface area contributed by atoms with Crippen molar-refractivity contribution in [2.45, 2.75) is 4.90 Å². The topological polar surface area (TPSA) is 76.3 Å². The van der Waals surface area contributed by atoms with Gasteiger partial charge in [-0.05, 0) is 30.3 Å². The van der Waals surface area contributed by atoms with E-state index in [1.54, 1.807) is 12.1 Å². The molecular weight excluding hydrogens is 269 g/mol. The number of benzene rings is 1. The number of hydrogen-bond acceptors (Lipinski definition) is 4. The van der Waals surface area contributed by atoms with Crippen molar-refractivity contribution in [3.63, 3.8) is 0 Å². The first-order chi connectivity index (χ1) is 8.93. The molecule has 2 rings (SSSR count). The molecule has 0 atom stereocenters. The number of sulfonamides is 1. The highest BCUT2D eigenvalue weighted by atomic mass is 32.2. The Balaban J connectivity index is 2.48. The summed E-state index contributed by atoms with van der Waals surface area (Å²) in [5.74, 6) is -0.583. The third kappa shape index (κ3) is 2.50. The van der Waals surface area contributed by atoms with E-state index in [1.165, 1.54) is 19.4 Å². The van der Waals surface area contributed by atoms with E-state index >= 15 is 0 Å². The minimum atomic E-state index is -3.84. The second-order valence-corrected chi connectivity index (χ2v) is 5.80. The average Bonchev–Trinajstić information content (AvgIpc) is 2.38. The lowest BCUT2D eigenvalue weighted by Gasteiger charge is -2.19. The number of pyridine rings is 1. The fourth-order valence-corrected chi connectivity index (χ4v) is 2.86.